The predicted molar refractivity (Wildman–Crippen MR) is 122 cm³/mol. The third kappa shape index (κ3) is 4.91. The fourth-order valence-corrected chi connectivity index (χ4v) is 5.67. The standard InChI is InChI=1S/C23H26N4O5S/c1-15-9-10-17(22-24-16(2)32-26-22)12-21(15)33(29,30)27-11-5-6-18(14-27)23(28)25-19-7-4-8-20(13-19)31-3/h4,7-10,12-13,18H,5-6,11,14H2,1-3H3,(H,25,28). The van der Waals surface area contributed by atoms with Crippen molar-refractivity contribution in [2.24, 2.45) is 5.92 Å². The molecule has 0 aliphatic carbocycles. The van der Waals surface area contributed by atoms with Crippen LogP contribution in [0.1, 0.15) is 24.3 Å². The van der Waals surface area contributed by atoms with E-state index in [9.17, 15) is 13.2 Å². The van der Waals surface area contributed by atoms with Gasteiger partial charge < -0.3 is 14.6 Å². The van der Waals surface area contributed by atoms with Gasteiger partial charge in [0.05, 0.1) is 17.9 Å². The Labute approximate surface area is 192 Å². The average Bonchev–Trinajstić information content (AvgIpc) is 3.25. The first-order valence-corrected chi connectivity index (χ1v) is 12.1. The number of benzene rings is 2. The molecule has 1 fully saturated rings. The van der Waals surface area contributed by atoms with Gasteiger partial charge in [0, 0.05) is 37.3 Å². The van der Waals surface area contributed by atoms with Crippen molar-refractivity contribution in [1.29, 1.82) is 0 Å². The highest BCUT2D eigenvalue weighted by molar-refractivity contribution is 7.89. The van der Waals surface area contributed by atoms with Crippen molar-refractivity contribution < 1.29 is 22.5 Å². The molecule has 174 valence electrons. The van der Waals surface area contributed by atoms with Gasteiger partial charge in [0.1, 0.15) is 5.75 Å². The molecule has 1 N–H and O–H groups in total. The third-order valence-corrected chi connectivity index (χ3v) is 7.69. The van der Waals surface area contributed by atoms with Gasteiger partial charge in [-0.3, -0.25) is 4.79 Å². The Bertz CT molecular complexity index is 1270. The summed E-state index contributed by atoms with van der Waals surface area (Å²) in [6.45, 7) is 3.89. The minimum Gasteiger partial charge on any atom is -0.497 e. The molecular formula is C23H26N4O5S. The largest absolute Gasteiger partial charge is 0.497 e. The molecule has 1 aromatic heterocycles. The molecule has 1 saturated heterocycles. The normalized spacial score (nSPS) is 17.0. The fraction of sp³-hybridized carbons (Fsp3) is 0.348. The molecule has 4 rings (SSSR count). The highest BCUT2D eigenvalue weighted by Crippen LogP contribution is 2.29. The van der Waals surface area contributed by atoms with E-state index in [2.05, 4.69) is 15.5 Å². The van der Waals surface area contributed by atoms with Crippen LogP contribution in [0.25, 0.3) is 11.4 Å². The number of carbonyl (C=O) groups excluding carboxylic acids is 1. The summed E-state index contributed by atoms with van der Waals surface area (Å²) in [5.41, 5.74) is 1.78. The Morgan fingerprint density at radius 3 is 2.76 bits per heavy atom. The lowest BCUT2D eigenvalue weighted by Crippen LogP contribution is -2.43. The van der Waals surface area contributed by atoms with Crippen LogP contribution >= 0.6 is 0 Å². The van der Waals surface area contributed by atoms with Gasteiger partial charge in [0.2, 0.25) is 27.6 Å². The van der Waals surface area contributed by atoms with E-state index in [1.165, 1.54) is 4.31 Å². The summed E-state index contributed by atoms with van der Waals surface area (Å²) in [6.07, 6.45) is 1.21. The summed E-state index contributed by atoms with van der Waals surface area (Å²) in [5.74, 6) is 0.695. The number of hydrogen-bond acceptors (Lipinski definition) is 7. The van der Waals surface area contributed by atoms with Crippen LogP contribution in [-0.4, -0.2) is 49.0 Å². The lowest BCUT2D eigenvalue weighted by atomic mass is 9.98. The number of hydrogen-bond donors (Lipinski definition) is 1. The van der Waals surface area contributed by atoms with E-state index in [1.807, 2.05) is 0 Å². The van der Waals surface area contributed by atoms with E-state index in [4.69, 9.17) is 9.26 Å². The number of aryl methyl sites for hydroxylation is 2. The zero-order chi connectivity index (χ0) is 23.6. The number of methoxy groups -OCH3 is 1. The van der Waals surface area contributed by atoms with Crippen LogP contribution in [-0.2, 0) is 14.8 Å². The van der Waals surface area contributed by atoms with Gasteiger partial charge in [-0.1, -0.05) is 23.4 Å². The van der Waals surface area contributed by atoms with Crippen LogP contribution in [0.5, 0.6) is 5.75 Å². The van der Waals surface area contributed by atoms with Gasteiger partial charge in [0.25, 0.3) is 0 Å². The van der Waals surface area contributed by atoms with Crippen molar-refractivity contribution in [1.82, 2.24) is 14.4 Å². The molecule has 1 amide bonds. The number of ether oxygens (including phenoxy) is 1. The van der Waals surface area contributed by atoms with E-state index in [1.54, 1.807) is 63.4 Å². The smallest absolute Gasteiger partial charge is 0.243 e. The zero-order valence-electron chi connectivity index (χ0n) is 18.7. The van der Waals surface area contributed by atoms with E-state index >= 15 is 0 Å². The van der Waals surface area contributed by atoms with Crippen molar-refractivity contribution in [3.63, 3.8) is 0 Å². The Morgan fingerprint density at radius 2 is 2.03 bits per heavy atom. The summed E-state index contributed by atoms with van der Waals surface area (Å²) in [7, 11) is -2.26. The molecule has 9 nitrogen and oxygen atoms in total. The molecule has 1 aliphatic rings. The highest BCUT2D eigenvalue weighted by atomic mass is 32.2. The second-order valence-electron chi connectivity index (χ2n) is 8.04. The van der Waals surface area contributed by atoms with Crippen molar-refractivity contribution >= 4 is 21.6 Å². The minimum absolute atomic E-state index is 0.114. The number of nitrogens with zero attached hydrogens (tertiary/aromatic N) is 3. The number of amides is 1. The number of carbonyl (C=O) groups is 1. The van der Waals surface area contributed by atoms with E-state index in [-0.39, 0.29) is 17.3 Å². The maximum atomic E-state index is 13.5. The van der Waals surface area contributed by atoms with Crippen LogP contribution in [0.2, 0.25) is 0 Å². The maximum absolute atomic E-state index is 13.5. The molecule has 1 atom stereocenters. The molecule has 0 spiro atoms. The number of rotatable bonds is 6. The molecule has 0 bridgehead atoms. The van der Waals surface area contributed by atoms with Gasteiger partial charge in [-0.05, 0) is 43.5 Å². The summed E-state index contributed by atoms with van der Waals surface area (Å²) in [5, 5.41) is 6.76. The van der Waals surface area contributed by atoms with Crippen LogP contribution < -0.4 is 10.1 Å². The molecule has 33 heavy (non-hydrogen) atoms. The number of aromatic nitrogens is 2. The summed E-state index contributed by atoms with van der Waals surface area (Å²) in [4.78, 5) is 17.2. The molecule has 2 aromatic carbocycles. The van der Waals surface area contributed by atoms with Crippen LogP contribution in [0, 0.1) is 19.8 Å². The van der Waals surface area contributed by atoms with Gasteiger partial charge in [-0.15, -0.1) is 0 Å². The number of nitrogens with one attached hydrogen (secondary N) is 1. The van der Waals surface area contributed by atoms with Crippen molar-refractivity contribution in [2.45, 2.75) is 31.6 Å². The van der Waals surface area contributed by atoms with E-state index in [0.29, 0.717) is 53.7 Å². The lowest BCUT2D eigenvalue weighted by molar-refractivity contribution is -0.120. The molecule has 10 heteroatoms. The topological polar surface area (TPSA) is 115 Å². The number of piperidine rings is 1. The minimum atomic E-state index is -3.82. The Balaban J connectivity index is 1.54. The summed E-state index contributed by atoms with van der Waals surface area (Å²) in [6, 6.07) is 12.1. The SMILES string of the molecule is COc1cccc(NC(=O)C2CCCN(S(=O)(=O)c3cc(-c4noc(C)n4)ccc3C)C2)c1. The van der Waals surface area contributed by atoms with E-state index in [0.717, 1.165) is 0 Å². The quantitative estimate of drug-likeness (QED) is 0.587. The first-order valence-electron chi connectivity index (χ1n) is 10.6. The summed E-state index contributed by atoms with van der Waals surface area (Å²) < 4.78 is 38.6. The van der Waals surface area contributed by atoms with Crippen molar-refractivity contribution in [3.8, 4) is 17.1 Å². The van der Waals surface area contributed by atoms with Gasteiger partial charge in [0.15, 0.2) is 0 Å². The zero-order valence-corrected chi connectivity index (χ0v) is 19.6. The maximum Gasteiger partial charge on any atom is 0.243 e. The second-order valence-corrected chi connectivity index (χ2v) is 9.95. The van der Waals surface area contributed by atoms with Gasteiger partial charge >= 0.3 is 0 Å². The lowest BCUT2D eigenvalue weighted by Gasteiger charge is -2.31. The Morgan fingerprint density at radius 1 is 1.21 bits per heavy atom. The fourth-order valence-electron chi connectivity index (χ4n) is 3.89. The number of anilines is 1. The van der Waals surface area contributed by atoms with E-state index < -0.39 is 15.9 Å². The van der Waals surface area contributed by atoms with Crippen LogP contribution in [0.15, 0.2) is 51.9 Å². The first-order chi connectivity index (χ1) is 15.8. The predicted octanol–water partition coefficient (Wildman–Crippen LogP) is 3.40. The molecule has 1 aliphatic heterocycles. The second kappa shape index (κ2) is 9.32. The Hall–Kier alpha value is -3.24. The third-order valence-electron chi connectivity index (χ3n) is 5.68. The van der Waals surface area contributed by atoms with Gasteiger partial charge in [-0.2, -0.15) is 9.29 Å². The molecule has 0 radical (unpaired) electrons. The highest BCUT2D eigenvalue weighted by Gasteiger charge is 2.34. The molecule has 0 saturated carbocycles. The first kappa shape index (κ1) is 22.9. The molecular weight excluding hydrogens is 444 g/mol. The van der Waals surface area contributed by atoms with Crippen LogP contribution in [0.3, 0.4) is 0 Å². The Kier molecular flexibility index (Phi) is 6.48. The molecule has 2 heterocycles. The van der Waals surface area contributed by atoms with Crippen molar-refractivity contribution in [2.75, 3.05) is 25.5 Å². The monoisotopic (exact) mass is 470 g/mol. The average molecular weight is 471 g/mol. The van der Waals surface area contributed by atoms with Crippen molar-refractivity contribution in [3.05, 3.63) is 53.9 Å². The summed E-state index contributed by atoms with van der Waals surface area (Å²) >= 11 is 0. The molecule has 3 aromatic rings. The van der Waals surface area contributed by atoms with Crippen LogP contribution in [0.4, 0.5) is 5.69 Å². The number of sulfonamides is 1. The molecule has 1 unspecified atom stereocenters. The van der Waals surface area contributed by atoms with Gasteiger partial charge in [-0.25, -0.2) is 8.42 Å².